The summed E-state index contributed by atoms with van der Waals surface area (Å²) in [5.74, 6) is 0. The van der Waals surface area contributed by atoms with Gasteiger partial charge in [-0.05, 0) is 53.1 Å². The molecule has 0 unspecified atom stereocenters. The first-order valence-corrected chi connectivity index (χ1v) is 8.06. The Morgan fingerprint density at radius 1 is 1.00 bits per heavy atom. The SMILES string of the molecule is O=C1N/C(=C/c2ccc3nccc(-c4ccncc4)c3c2)C(=O)S1. The van der Waals surface area contributed by atoms with Crippen molar-refractivity contribution in [2.45, 2.75) is 0 Å². The van der Waals surface area contributed by atoms with Crippen LogP contribution in [0.3, 0.4) is 0 Å². The molecule has 1 aliphatic heterocycles. The molecular formula is C18H11N3O2S. The number of nitrogens with zero attached hydrogens (tertiary/aromatic N) is 2. The molecule has 0 radical (unpaired) electrons. The Labute approximate surface area is 141 Å². The van der Waals surface area contributed by atoms with E-state index in [4.69, 9.17) is 0 Å². The Bertz CT molecular complexity index is 1000. The third-order valence-electron chi connectivity index (χ3n) is 3.71. The van der Waals surface area contributed by atoms with Gasteiger partial charge >= 0.3 is 0 Å². The minimum atomic E-state index is -0.341. The number of rotatable bonds is 2. The van der Waals surface area contributed by atoms with E-state index in [0.717, 1.165) is 27.6 Å². The van der Waals surface area contributed by atoms with E-state index in [1.165, 1.54) is 0 Å². The molecule has 1 amide bonds. The number of pyridine rings is 2. The highest BCUT2D eigenvalue weighted by Gasteiger charge is 2.25. The van der Waals surface area contributed by atoms with E-state index in [-0.39, 0.29) is 10.4 Å². The van der Waals surface area contributed by atoms with Crippen molar-refractivity contribution < 1.29 is 9.59 Å². The lowest BCUT2D eigenvalue weighted by molar-refractivity contribution is -0.107. The molecule has 0 saturated carbocycles. The quantitative estimate of drug-likeness (QED) is 0.725. The Kier molecular flexibility index (Phi) is 3.59. The van der Waals surface area contributed by atoms with E-state index < -0.39 is 0 Å². The van der Waals surface area contributed by atoms with Crippen molar-refractivity contribution in [3.8, 4) is 11.1 Å². The largest absolute Gasteiger partial charge is 0.313 e. The molecule has 3 aromatic rings. The first-order chi connectivity index (χ1) is 11.7. The van der Waals surface area contributed by atoms with Crippen LogP contribution in [0.4, 0.5) is 4.79 Å². The maximum Gasteiger partial charge on any atom is 0.291 e. The van der Waals surface area contributed by atoms with Crippen LogP contribution in [0.1, 0.15) is 5.56 Å². The summed E-state index contributed by atoms with van der Waals surface area (Å²) in [6.07, 6.45) is 6.95. The lowest BCUT2D eigenvalue weighted by Gasteiger charge is -2.07. The predicted octanol–water partition coefficient (Wildman–Crippen LogP) is 3.62. The van der Waals surface area contributed by atoms with Gasteiger partial charge in [0.2, 0.25) is 5.12 Å². The van der Waals surface area contributed by atoms with E-state index in [0.29, 0.717) is 17.5 Å². The number of hydrogen-bond donors (Lipinski definition) is 1. The molecule has 1 fully saturated rings. The van der Waals surface area contributed by atoms with Crippen molar-refractivity contribution in [1.29, 1.82) is 0 Å². The van der Waals surface area contributed by atoms with E-state index in [1.54, 1.807) is 24.7 Å². The van der Waals surface area contributed by atoms with Crippen LogP contribution in [0.5, 0.6) is 0 Å². The summed E-state index contributed by atoms with van der Waals surface area (Å²) < 4.78 is 0. The zero-order valence-electron chi connectivity index (χ0n) is 12.4. The van der Waals surface area contributed by atoms with Gasteiger partial charge < -0.3 is 5.32 Å². The highest BCUT2D eigenvalue weighted by atomic mass is 32.2. The van der Waals surface area contributed by atoms with Crippen molar-refractivity contribution in [1.82, 2.24) is 15.3 Å². The Morgan fingerprint density at radius 2 is 1.83 bits per heavy atom. The Hall–Kier alpha value is -2.99. The lowest BCUT2D eigenvalue weighted by Crippen LogP contribution is -2.10. The van der Waals surface area contributed by atoms with Gasteiger partial charge in [-0.25, -0.2) is 0 Å². The molecular weight excluding hydrogens is 322 g/mol. The molecule has 24 heavy (non-hydrogen) atoms. The molecule has 1 aliphatic rings. The number of thioether (sulfide) groups is 1. The van der Waals surface area contributed by atoms with Gasteiger partial charge in [0, 0.05) is 35.7 Å². The second-order valence-corrected chi connectivity index (χ2v) is 6.18. The topological polar surface area (TPSA) is 72.0 Å². The Morgan fingerprint density at radius 3 is 2.58 bits per heavy atom. The zero-order chi connectivity index (χ0) is 16.5. The van der Waals surface area contributed by atoms with Crippen LogP contribution >= 0.6 is 11.8 Å². The van der Waals surface area contributed by atoms with Gasteiger partial charge in [0.05, 0.1) is 11.2 Å². The number of benzene rings is 1. The molecule has 0 spiro atoms. The summed E-state index contributed by atoms with van der Waals surface area (Å²) in [6.45, 7) is 0. The van der Waals surface area contributed by atoms with E-state index in [2.05, 4.69) is 15.3 Å². The normalized spacial score (nSPS) is 15.9. The molecule has 3 heterocycles. The number of aromatic nitrogens is 2. The second-order valence-electron chi connectivity index (χ2n) is 5.23. The molecule has 0 atom stereocenters. The summed E-state index contributed by atoms with van der Waals surface area (Å²) in [6, 6.07) is 11.6. The molecule has 116 valence electrons. The minimum absolute atomic E-state index is 0.263. The predicted molar refractivity (Wildman–Crippen MR) is 94.1 cm³/mol. The van der Waals surface area contributed by atoms with Crippen LogP contribution in [-0.2, 0) is 4.79 Å². The monoisotopic (exact) mass is 333 g/mol. The highest BCUT2D eigenvalue weighted by molar-refractivity contribution is 8.27. The summed E-state index contributed by atoms with van der Waals surface area (Å²) in [5.41, 5.74) is 4.08. The van der Waals surface area contributed by atoms with Gasteiger partial charge in [0.1, 0.15) is 0 Å². The number of amides is 1. The fraction of sp³-hybridized carbons (Fsp3) is 0. The molecule has 2 aromatic heterocycles. The third-order valence-corrected chi connectivity index (χ3v) is 4.40. The van der Waals surface area contributed by atoms with Gasteiger partial charge in [-0.2, -0.15) is 0 Å². The summed E-state index contributed by atoms with van der Waals surface area (Å²) in [4.78, 5) is 31.5. The maximum absolute atomic E-state index is 11.7. The average molecular weight is 333 g/mol. The van der Waals surface area contributed by atoms with Crippen LogP contribution in [0, 0.1) is 0 Å². The molecule has 5 nitrogen and oxygen atoms in total. The molecule has 1 saturated heterocycles. The first kappa shape index (κ1) is 14.6. The van der Waals surface area contributed by atoms with Crippen molar-refractivity contribution in [3.63, 3.8) is 0 Å². The van der Waals surface area contributed by atoms with Gasteiger partial charge in [-0.15, -0.1) is 0 Å². The van der Waals surface area contributed by atoms with Crippen LogP contribution in [-0.4, -0.2) is 20.3 Å². The number of hydrogen-bond acceptors (Lipinski definition) is 5. The second kappa shape index (κ2) is 5.90. The van der Waals surface area contributed by atoms with Crippen molar-refractivity contribution in [3.05, 3.63) is 66.2 Å². The van der Waals surface area contributed by atoms with Crippen LogP contribution < -0.4 is 5.32 Å². The standard InChI is InChI=1S/C18H11N3O2S/c22-17-16(21-18(23)24-17)10-11-1-2-15-14(9-11)13(5-8-20-15)12-3-6-19-7-4-12/h1-10H,(H,21,23)/b16-10+. The number of fused-ring (bicyclic) bond motifs is 1. The summed E-state index contributed by atoms with van der Waals surface area (Å²) in [7, 11) is 0. The minimum Gasteiger partial charge on any atom is -0.313 e. The fourth-order valence-electron chi connectivity index (χ4n) is 2.62. The zero-order valence-corrected chi connectivity index (χ0v) is 13.2. The number of nitrogens with one attached hydrogen (secondary N) is 1. The van der Waals surface area contributed by atoms with E-state index in [9.17, 15) is 9.59 Å². The molecule has 1 N–H and O–H groups in total. The average Bonchev–Trinajstić information content (AvgIpc) is 2.92. The first-order valence-electron chi connectivity index (χ1n) is 7.25. The highest BCUT2D eigenvalue weighted by Crippen LogP contribution is 2.29. The van der Waals surface area contributed by atoms with Crippen LogP contribution in [0.15, 0.2) is 60.7 Å². The molecule has 6 heteroatoms. The smallest absolute Gasteiger partial charge is 0.291 e. The van der Waals surface area contributed by atoms with Gasteiger partial charge in [-0.3, -0.25) is 19.6 Å². The van der Waals surface area contributed by atoms with Crippen LogP contribution in [0.25, 0.3) is 28.1 Å². The number of carbonyl (C=O) groups is 2. The maximum atomic E-state index is 11.7. The molecule has 1 aromatic carbocycles. The summed E-state index contributed by atoms with van der Waals surface area (Å²) >= 11 is 0.675. The number of carbonyl (C=O) groups excluding carboxylic acids is 2. The van der Waals surface area contributed by atoms with Gasteiger partial charge in [0.25, 0.3) is 5.24 Å². The van der Waals surface area contributed by atoms with E-state index in [1.807, 2.05) is 36.4 Å². The van der Waals surface area contributed by atoms with Crippen LogP contribution in [0.2, 0.25) is 0 Å². The van der Waals surface area contributed by atoms with Crippen molar-refractivity contribution >= 4 is 39.1 Å². The molecule has 4 rings (SSSR count). The molecule has 0 bridgehead atoms. The molecule has 0 aliphatic carbocycles. The van der Waals surface area contributed by atoms with Gasteiger partial charge in [0.15, 0.2) is 0 Å². The third kappa shape index (κ3) is 2.68. The van der Waals surface area contributed by atoms with Crippen molar-refractivity contribution in [2.24, 2.45) is 0 Å². The van der Waals surface area contributed by atoms with E-state index >= 15 is 0 Å². The fourth-order valence-corrected chi connectivity index (χ4v) is 3.17. The Balaban J connectivity index is 1.85. The van der Waals surface area contributed by atoms with Crippen molar-refractivity contribution in [2.75, 3.05) is 0 Å². The summed E-state index contributed by atoms with van der Waals surface area (Å²) in [5, 5.41) is 2.93. The van der Waals surface area contributed by atoms with Gasteiger partial charge in [-0.1, -0.05) is 6.07 Å². The lowest BCUT2D eigenvalue weighted by atomic mass is 10.0.